The number of oxime groups is 1. The molecule has 0 unspecified atom stereocenters. The molecule has 26 heavy (non-hydrogen) atoms. The summed E-state index contributed by atoms with van der Waals surface area (Å²) in [5.74, 6) is -0.474. The van der Waals surface area contributed by atoms with Crippen molar-refractivity contribution in [1.29, 1.82) is 0 Å². The van der Waals surface area contributed by atoms with Crippen LogP contribution in [0, 0.1) is 0 Å². The number of anilines is 1. The lowest BCUT2D eigenvalue weighted by Gasteiger charge is -2.09. The van der Waals surface area contributed by atoms with Crippen molar-refractivity contribution in [1.82, 2.24) is 4.98 Å². The molecule has 9 heteroatoms. The predicted molar refractivity (Wildman–Crippen MR) is 100 cm³/mol. The Labute approximate surface area is 156 Å². The van der Waals surface area contributed by atoms with Crippen LogP contribution in [-0.2, 0) is 19.5 Å². The van der Waals surface area contributed by atoms with E-state index in [2.05, 4.69) is 15.5 Å². The minimum atomic E-state index is -3.28. The Morgan fingerprint density at radius 2 is 2.00 bits per heavy atom. The average molecular weight is 393 g/mol. The summed E-state index contributed by atoms with van der Waals surface area (Å²) < 4.78 is 24.6. The minimum Gasteiger partial charge on any atom is -0.392 e. The number of thiazole rings is 1. The van der Waals surface area contributed by atoms with E-state index in [0.717, 1.165) is 0 Å². The minimum absolute atomic E-state index is 0.0595. The van der Waals surface area contributed by atoms with Crippen LogP contribution in [0.1, 0.15) is 32.3 Å². The number of amides is 1. The fourth-order valence-corrected chi connectivity index (χ4v) is 4.38. The van der Waals surface area contributed by atoms with E-state index in [4.69, 9.17) is 4.84 Å². The lowest BCUT2D eigenvalue weighted by molar-refractivity contribution is -0.110. The van der Waals surface area contributed by atoms with Gasteiger partial charge < -0.3 is 4.84 Å². The maximum atomic E-state index is 12.6. The van der Waals surface area contributed by atoms with Gasteiger partial charge in [-0.05, 0) is 38.8 Å². The average Bonchev–Trinajstić information content (AvgIpc) is 3.35. The number of aromatic nitrogens is 1. The van der Waals surface area contributed by atoms with Gasteiger partial charge in [0.2, 0.25) is 0 Å². The van der Waals surface area contributed by atoms with Crippen molar-refractivity contribution in [2.75, 3.05) is 5.32 Å². The molecule has 0 bridgehead atoms. The summed E-state index contributed by atoms with van der Waals surface area (Å²) in [4.78, 5) is 22.1. The van der Waals surface area contributed by atoms with Gasteiger partial charge in [-0.25, -0.2) is 13.4 Å². The first-order valence-electron chi connectivity index (χ1n) is 8.17. The molecule has 1 aliphatic rings. The van der Waals surface area contributed by atoms with E-state index in [-0.39, 0.29) is 22.0 Å². The first-order valence-corrected chi connectivity index (χ1v) is 10.6. The van der Waals surface area contributed by atoms with Crippen molar-refractivity contribution in [2.24, 2.45) is 5.16 Å². The molecule has 0 atom stereocenters. The van der Waals surface area contributed by atoms with Crippen LogP contribution >= 0.6 is 11.3 Å². The number of carbonyl (C=O) groups is 1. The number of sulfone groups is 1. The van der Waals surface area contributed by atoms with Crippen molar-refractivity contribution in [3.63, 3.8) is 0 Å². The summed E-state index contributed by atoms with van der Waals surface area (Å²) in [6.45, 7) is 3.59. The molecular weight excluding hydrogens is 374 g/mol. The molecule has 138 valence electrons. The smallest absolute Gasteiger partial charge is 0.280 e. The second-order valence-corrected chi connectivity index (χ2v) is 9.28. The molecule has 1 N–H and O–H groups in total. The highest BCUT2D eigenvalue weighted by molar-refractivity contribution is 7.92. The van der Waals surface area contributed by atoms with E-state index in [9.17, 15) is 13.2 Å². The van der Waals surface area contributed by atoms with Gasteiger partial charge in [0.1, 0.15) is 6.10 Å². The van der Waals surface area contributed by atoms with Crippen LogP contribution in [0.5, 0.6) is 0 Å². The summed E-state index contributed by atoms with van der Waals surface area (Å²) in [5.41, 5.74) is 0.527. The normalized spacial score (nSPS) is 15.1. The molecule has 1 aromatic heterocycles. The first-order chi connectivity index (χ1) is 12.4. The predicted octanol–water partition coefficient (Wildman–Crippen LogP) is 2.85. The van der Waals surface area contributed by atoms with Crippen molar-refractivity contribution < 1.29 is 18.0 Å². The maximum Gasteiger partial charge on any atom is 0.280 e. The van der Waals surface area contributed by atoms with Gasteiger partial charge in [-0.3, -0.25) is 10.1 Å². The van der Waals surface area contributed by atoms with E-state index in [1.165, 1.54) is 23.5 Å². The second kappa shape index (κ2) is 7.55. The van der Waals surface area contributed by atoms with Crippen LogP contribution in [0.15, 0.2) is 45.9 Å². The third kappa shape index (κ3) is 4.28. The quantitative estimate of drug-likeness (QED) is 0.576. The highest BCUT2D eigenvalue weighted by atomic mass is 32.2. The van der Waals surface area contributed by atoms with E-state index < -0.39 is 15.7 Å². The highest BCUT2D eigenvalue weighted by Crippen LogP contribution is 2.33. The zero-order valence-corrected chi connectivity index (χ0v) is 16.0. The van der Waals surface area contributed by atoms with E-state index in [1.807, 2.05) is 0 Å². The lowest BCUT2D eigenvalue weighted by Crippen LogP contribution is -2.24. The van der Waals surface area contributed by atoms with Crippen LogP contribution < -0.4 is 5.32 Å². The van der Waals surface area contributed by atoms with Crippen molar-refractivity contribution >= 4 is 37.9 Å². The van der Waals surface area contributed by atoms with Gasteiger partial charge in [-0.15, -0.1) is 11.3 Å². The number of hydrogen-bond donors (Lipinski definition) is 1. The highest BCUT2D eigenvalue weighted by Gasteiger charge is 2.36. The molecule has 2 aromatic rings. The number of benzene rings is 1. The Kier molecular flexibility index (Phi) is 5.38. The zero-order valence-electron chi connectivity index (χ0n) is 14.4. The van der Waals surface area contributed by atoms with Gasteiger partial charge in [0.05, 0.1) is 10.1 Å². The lowest BCUT2D eigenvalue weighted by atomic mass is 10.1. The standard InChI is InChI=1S/C17H19N3O4S2/c1-11(2)24-20-15(16(21)19-17-18-9-10-25-17)12-3-5-13(6-4-12)26(22,23)14-7-8-14/h3-6,9-11,14H,7-8H2,1-2H3,(H,18,19,21)/b20-15+. The molecule has 1 aromatic carbocycles. The molecule has 1 fully saturated rings. The van der Waals surface area contributed by atoms with Gasteiger partial charge in [0.25, 0.3) is 5.91 Å². The van der Waals surface area contributed by atoms with Crippen LogP contribution in [0.25, 0.3) is 0 Å². The molecule has 0 spiro atoms. The number of rotatable bonds is 7. The second-order valence-electron chi connectivity index (χ2n) is 6.15. The summed E-state index contributed by atoms with van der Waals surface area (Å²) >= 11 is 1.29. The van der Waals surface area contributed by atoms with Gasteiger partial charge in [-0.2, -0.15) is 0 Å². The Bertz CT molecular complexity index is 900. The number of carbonyl (C=O) groups excluding carboxylic acids is 1. The van der Waals surface area contributed by atoms with Crippen molar-refractivity contribution in [3.8, 4) is 0 Å². The van der Waals surface area contributed by atoms with Gasteiger partial charge in [0.15, 0.2) is 20.7 Å². The van der Waals surface area contributed by atoms with Gasteiger partial charge in [0, 0.05) is 17.1 Å². The third-order valence-electron chi connectivity index (χ3n) is 3.64. The van der Waals surface area contributed by atoms with E-state index in [0.29, 0.717) is 23.5 Å². The van der Waals surface area contributed by atoms with Crippen LogP contribution in [0.4, 0.5) is 5.13 Å². The zero-order chi connectivity index (χ0) is 18.7. The Morgan fingerprint density at radius 3 is 2.54 bits per heavy atom. The SMILES string of the molecule is CC(C)O/N=C(/C(=O)Nc1nccs1)c1ccc(S(=O)(=O)C2CC2)cc1. The largest absolute Gasteiger partial charge is 0.392 e. The summed E-state index contributed by atoms with van der Waals surface area (Å²) in [6.07, 6.45) is 2.79. The number of hydrogen-bond acceptors (Lipinski definition) is 7. The van der Waals surface area contributed by atoms with Crippen LogP contribution in [0.2, 0.25) is 0 Å². The van der Waals surface area contributed by atoms with Crippen LogP contribution in [0.3, 0.4) is 0 Å². The fourth-order valence-electron chi connectivity index (χ4n) is 2.20. The molecule has 3 rings (SSSR count). The molecular formula is C17H19N3O4S2. The number of nitrogens with zero attached hydrogens (tertiary/aromatic N) is 2. The van der Waals surface area contributed by atoms with Gasteiger partial charge in [-0.1, -0.05) is 17.3 Å². The molecule has 1 heterocycles. The summed E-state index contributed by atoms with van der Waals surface area (Å²) in [5, 5.41) is 8.51. The summed E-state index contributed by atoms with van der Waals surface area (Å²) in [6, 6.07) is 6.15. The molecule has 1 aliphatic carbocycles. The van der Waals surface area contributed by atoms with Crippen LogP contribution in [-0.4, -0.2) is 36.4 Å². The summed E-state index contributed by atoms with van der Waals surface area (Å²) in [7, 11) is -3.28. The van der Waals surface area contributed by atoms with Crippen molar-refractivity contribution in [2.45, 2.75) is 42.9 Å². The van der Waals surface area contributed by atoms with E-state index >= 15 is 0 Å². The Morgan fingerprint density at radius 1 is 1.31 bits per heavy atom. The monoisotopic (exact) mass is 393 g/mol. The molecule has 0 radical (unpaired) electrons. The third-order valence-corrected chi connectivity index (χ3v) is 6.61. The maximum absolute atomic E-state index is 12.6. The molecule has 0 saturated heterocycles. The molecule has 7 nitrogen and oxygen atoms in total. The molecule has 1 amide bonds. The number of nitrogens with one attached hydrogen (secondary N) is 1. The Hall–Kier alpha value is -2.26. The molecule has 1 saturated carbocycles. The topological polar surface area (TPSA) is 97.7 Å². The van der Waals surface area contributed by atoms with E-state index in [1.54, 1.807) is 37.6 Å². The van der Waals surface area contributed by atoms with Gasteiger partial charge >= 0.3 is 0 Å². The molecule has 0 aliphatic heterocycles. The first kappa shape index (κ1) is 18.5. The fraction of sp³-hybridized carbons (Fsp3) is 0.353. The Balaban J connectivity index is 1.86. The van der Waals surface area contributed by atoms with Crippen molar-refractivity contribution in [3.05, 3.63) is 41.4 Å².